The summed E-state index contributed by atoms with van der Waals surface area (Å²) in [6.45, 7) is 0.616. The van der Waals surface area contributed by atoms with Crippen LogP contribution >= 0.6 is 0 Å². The number of ether oxygens (including phenoxy) is 1. The summed E-state index contributed by atoms with van der Waals surface area (Å²) in [6.07, 6.45) is 0.460. The highest BCUT2D eigenvalue weighted by molar-refractivity contribution is 7.89. The van der Waals surface area contributed by atoms with Crippen molar-refractivity contribution in [3.05, 3.63) is 29.8 Å². The molecule has 0 atom stereocenters. The number of sulfonamides is 1. The Morgan fingerprint density at radius 2 is 1.80 bits per heavy atom. The molecule has 1 saturated heterocycles. The van der Waals surface area contributed by atoms with Crippen molar-refractivity contribution in [1.82, 2.24) is 4.31 Å². The molecule has 1 aliphatic heterocycles. The van der Waals surface area contributed by atoms with Crippen molar-refractivity contribution in [2.45, 2.75) is 23.8 Å². The third-order valence-electron chi connectivity index (χ3n) is 3.34. The van der Waals surface area contributed by atoms with Gasteiger partial charge in [0.15, 0.2) is 0 Å². The summed E-state index contributed by atoms with van der Waals surface area (Å²) in [5, 5.41) is 9.41. The van der Waals surface area contributed by atoms with E-state index in [4.69, 9.17) is 0 Å². The summed E-state index contributed by atoms with van der Waals surface area (Å²) in [7, 11) is -2.29. The Hall–Kier alpha value is -1.44. The number of aliphatic hydroxyl groups is 1. The monoisotopic (exact) mass is 299 g/mol. The Bertz CT molecular complexity index is 573. The largest absolute Gasteiger partial charge is 0.465 e. The molecule has 0 radical (unpaired) electrons. The number of hydrogen-bond acceptors (Lipinski definition) is 5. The zero-order chi connectivity index (χ0) is 14.8. The quantitative estimate of drug-likeness (QED) is 0.827. The number of aliphatic hydroxyl groups excluding tert-OH is 1. The van der Waals surface area contributed by atoms with Gasteiger partial charge >= 0.3 is 5.97 Å². The van der Waals surface area contributed by atoms with E-state index < -0.39 is 22.1 Å². The van der Waals surface area contributed by atoms with Crippen molar-refractivity contribution in [2.75, 3.05) is 20.2 Å². The Balaban J connectivity index is 2.19. The van der Waals surface area contributed by atoms with Crippen LogP contribution in [0.2, 0.25) is 0 Å². The second kappa shape index (κ2) is 5.90. The van der Waals surface area contributed by atoms with Gasteiger partial charge in [0.1, 0.15) is 0 Å². The summed E-state index contributed by atoms with van der Waals surface area (Å²) in [5.41, 5.74) is 0.306. The topological polar surface area (TPSA) is 83.9 Å². The van der Waals surface area contributed by atoms with Crippen LogP contribution in [0.4, 0.5) is 0 Å². The van der Waals surface area contributed by atoms with Gasteiger partial charge < -0.3 is 9.84 Å². The Kier molecular flexibility index (Phi) is 4.42. The summed E-state index contributed by atoms with van der Waals surface area (Å²) >= 11 is 0. The van der Waals surface area contributed by atoms with Crippen LogP contribution in [0.3, 0.4) is 0 Å². The molecule has 0 unspecified atom stereocenters. The second-order valence-corrected chi connectivity index (χ2v) is 6.59. The van der Waals surface area contributed by atoms with Crippen LogP contribution < -0.4 is 0 Å². The average Bonchev–Trinajstić information content (AvgIpc) is 2.47. The summed E-state index contributed by atoms with van der Waals surface area (Å²) in [6, 6.07) is 5.65. The molecule has 7 heteroatoms. The fraction of sp³-hybridized carbons (Fsp3) is 0.462. The normalized spacial score (nSPS) is 17.9. The van der Waals surface area contributed by atoms with Gasteiger partial charge in [0.05, 0.1) is 23.7 Å². The smallest absolute Gasteiger partial charge is 0.337 e. The Morgan fingerprint density at radius 1 is 1.25 bits per heavy atom. The molecule has 2 rings (SSSR count). The SMILES string of the molecule is COC(=O)c1ccc(S(=O)(=O)N2CCC(O)CC2)cc1. The minimum atomic E-state index is -3.56. The summed E-state index contributed by atoms with van der Waals surface area (Å²) in [4.78, 5) is 11.4. The van der Waals surface area contributed by atoms with Crippen LogP contribution in [0, 0.1) is 0 Å². The highest BCUT2D eigenvalue weighted by Gasteiger charge is 2.28. The zero-order valence-electron chi connectivity index (χ0n) is 11.2. The first-order valence-electron chi connectivity index (χ1n) is 6.32. The molecule has 0 aliphatic carbocycles. The predicted octanol–water partition coefficient (Wildman–Crippen LogP) is 0.619. The van der Waals surface area contributed by atoms with Crippen molar-refractivity contribution >= 4 is 16.0 Å². The van der Waals surface area contributed by atoms with E-state index >= 15 is 0 Å². The molecule has 1 N–H and O–H groups in total. The maximum atomic E-state index is 12.4. The van der Waals surface area contributed by atoms with E-state index in [9.17, 15) is 18.3 Å². The van der Waals surface area contributed by atoms with Crippen LogP contribution in [0.1, 0.15) is 23.2 Å². The van der Waals surface area contributed by atoms with Gasteiger partial charge in [-0.05, 0) is 37.1 Å². The highest BCUT2D eigenvalue weighted by Crippen LogP contribution is 2.21. The van der Waals surface area contributed by atoms with Gasteiger partial charge in [-0.3, -0.25) is 0 Å². The van der Waals surface area contributed by atoms with E-state index in [-0.39, 0.29) is 4.90 Å². The number of carbonyl (C=O) groups excluding carboxylic acids is 1. The minimum absolute atomic E-state index is 0.140. The van der Waals surface area contributed by atoms with E-state index in [1.807, 2.05) is 0 Å². The minimum Gasteiger partial charge on any atom is -0.465 e. The van der Waals surface area contributed by atoms with Crippen LogP contribution in [-0.2, 0) is 14.8 Å². The van der Waals surface area contributed by atoms with E-state index in [1.54, 1.807) is 0 Å². The van der Waals surface area contributed by atoms with Crippen LogP contribution in [-0.4, -0.2) is 50.1 Å². The van der Waals surface area contributed by atoms with Crippen LogP contribution in [0.25, 0.3) is 0 Å². The van der Waals surface area contributed by atoms with E-state index in [1.165, 1.54) is 35.7 Å². The summed E-state index contributed by atoms with van der Waals surface area (Å²) < 4.78 is 30.7. The molecule has 1 aromatic carbocycles. The van der Waals surface area contributed by atoms with Gasteiger partial charge in [-0.25, -0.2) is 13.2 Å². The molecule has 20 heavy (non-hydrogen) atoms. The summed E-state index contributed by atoms with van der Waals surface area (Å²) in [5.74, 6) is -0.505. The number of hydrogen-bond donors (Lipinski definition) is 1. The van der Waals surface area contributed by atoms with E-state index in [0.29, 0.717) is 31.5 Å². The van der Waals surface area contributed by atoms with Gasteiger partial charge in [0.2, 0.25) is 10.0 Å². The van der Waals surface area contributed by atoms with Gasteiger partial charge in [-0.2, -0.15) is 4.31 Å². The maximum absolute atomic E-state index is 12.4. The third-order valence-corrected chi connectivity index (χ3v) is 5.25. The Morgan fingerprint density at radius 3 is 2.30 bits per heavy atom. The molecule has 0 amide bonds. The highest BCUT2D eigenvalue weighted by atomic mass is 32.2. The lowest BCUT2D eigenvalue weighted by Crippen LogP contribution is -2.39. The molecule has 1 aromatic rings. The molecule has 0 bridgehead atoms. The molecule has 1 fully saturated rings. The molecule has 1 heterocycles. The molecular weight excluding hydrogens is 282 g/mol. The average molecular weight is 299 g/mol. The number of nitrogens with zero attached hydrogens (tertiary/aromatic N) is 1. The fourth-order valence-electron chi connectivity index (χ4n) is 2.11. The van der Waals surface area contributed by atoms with Crippen molar-refractivity contribution in [2.24, 2.45) is 0 Å². The molecular formula is C13H17NO5S. The molecule has 0 saturated carbocycles. The maximum Gasteiger partial charge on any atom is 0.337 e. The number of piperidine rings is 1. The number of methoxy groups -OCH3 is 1. The predicted molar refractivity (Wildman–Crippen MR) is 71.8 cm³/mol. The lowest BCUT2D eigenvalue weighted by atomic mass is 10.1. The lowest BCUT2D eigenvalue weighted by Gasteiger charge is -2.28. The van der Waals surface area contributed by atoms with Crippen LogP contribution in [0.5, 0.6) is 0 Å². The molecule has 0 aromatic heterocycles. The molecule has 6 nitrogen and oxygen atoms in total. The number of benzene rings is 1. The first kappa shape index (κ1) is 15.0. The lowest BCUT2D eigenvalue weighted by molar-refractivity contribution is 0.0600. The first-order valence-corrected chi connectivity index (χ1v) is 7.76. The van der Waals surface area contributed by atoms with Crippen LogP contribution in [0.15, 0.2) is 29.2 Å². The van der Waals surface area contributed by atoms with Crippen molar-refractivity contribution in [1.29, 1.82) is 0 Å². The zero-order valence-corrected chi connectivity index (χ0v) is 12.0. The number of carbonyl (C=O) groups is 1. The molecule has 0 spiro atoms. The third kappa shape index (κ3) is 3.00. The standard InChI is InChI=1S/C13H17NO5S/c1-19-13(16)10-2-4-12(5-3-10)20(17,18)14-8-6-11(15)7-9-14/h2-5,11,15H,6-9H2,1H3. The Labute approximate surface area is 118 Å². The van der Waals surface area contributed by atoms with Gasteiger partial charge in [0.25, 0.3) is 0 Å². The fourth-order valence-corrected chi connectivity index (χ4v) is 3.58. The second-order valence-electron chi connectivity index (χ2n) is 4.65. The van der Waals surface area contributed by atoms with Crippen molar-refractivity contribution < 1.29 is 23.1 Å². The molecule has 1 aliphatic rings. The van der Waals surface area contributed by atoms with Gasteiger partial charge in [0, 0.05) is 13.1 Å². The van der Waals surface area contributed by atoms with Crippen molar-refractivity contribution in [3.8, 4) is 0 Å². The first-order chi connectivity index (χ1) is 9.45. The number of esters is 1. The van der Waals surface area contributed by atoms with E-state index in [2.05, 4.69) is 4.74 Å². The molecule has 110 valence electrons. The van der Waals surface area contributed by atoms with Gasteiger partial charge in [-0.15, -0.1) is 0 Å². The van der Waals surface area contributed by atoms with Crippen molar-refractivity contribution in [3.63, 3.8) is 0 Å². The van der Waals surface area contributed by atoms with Gasteiger partial charge in [-0.1, -0.05) is 0 Å². The number of rotatable bonds is 3. The van der Waals surface area contributed by atoms with E-state index in [0.717, 1.165) is 0 Å².